The van der Waals surface area contributed by atoms with Crippen LogP contribution in [0.15, 0.2) is 0 Å². The van der Waals surface area contributed by atoms with Crippen molar-refractivity contribution >= 4 is 0 Å². The van der Waals surface area contributed by atoms with E-state index in [4.69, 9.17) is 0 Å². The van der Waals surface area contributed by atoms with Crippen LogP contribution in [0.4, 0.5) is 0 Å². The Morgan fingerprint density at radius 1 is 1.50 bits per heavy atom. The maximum Gasteiger partial charge on any atom is 0.115 e. The van der Waals surface area contributed by atoms with Gasteiger partial charge in [-0.05, 0) is 19.9 Å². The molecule has 2 nitrogen and oxygen atoms in total. The highest BCUT2D eigenvalue weighted by atomic mass is 16.3. The van der Waals surface area contributed by atoms with Crippen molar-refractivity contribution in [2.75, 3.05) is 7.05 Å². The first-order valence-electron chi connectivity index (χ1n) is 2.92. The molecular weight excluding hydrogens is 102 g/mol. The second-order valence-electron chi connectivity index (χ2n) is 2.55. The summed E-state index contributed by atoms with van der Waals surface area (Å²) in [5.41, 5.74) is -0.708. The van der Waals surface area contributed by atoms with Crippen LogP contribution in [0.25, 0.3) is 0 Å². The molecule has 1 unspecified atom stereocenters. The topological polar surface area (TPSA) is 32.3 Å². The molecule has 0 aliphatic rings. The first kappa shape index (κ1) is 7.92. The molecule has 0 aliphatic carbocycles. The lowest BCUT2D eigenvalue weighted by molar-refractivity contribution is -0.0125. The molecular formula is C6H15NO. The zero-order chi connectivity index (χ0) is 6.78. The zero-order valence-electron chi connectivity index (χ0n) is 6.02. The Balaban J connectivity index is 3.71. The number of hydrogen-bond donors (Lipinski definition) is 2. The van der Waals surface area contributed by atoms with Gasteiger partial charge < -0.3 is 5.11 Å². The second kappa shape index (κ2) is 2.46. The fourth-order valence-corrected chi connectivity index (χ4v) is 0.289. The molecule has 0 amide bonds. The fourth-order valence-electron chi connectivity index (χ4n) is 0.289. The van der Waals surface area contributed by atoms with E-state index in [9.17, 15) is 5.11 Å². The smallest absolute Gasteiger partial charge is 0.115 e. The first-order valence-corrected chi connectivity index (χ1v) is 2.92. The predicted molar refractivity (Wildman–Crippen MR) is 34.5 cm³/mol. The van der Waals surface area contributed by atoms with Crippen molar-refractivity contribution in [2.45, 2.75) is 26.5 Å². The largest absolute Gasteiger partial charge is 0.376 e. The second-order valence-corrected chi connectivity index (χ2v) is 2.55. The van der Waals surface area contributed by atoms with Gasteiger partial charge in [-0.15, -0.1) is 0 Å². The molecule has 0 fully saturated rings. The van der Waals surface area contributed by atoms with Gasteiger partial charge >= 0.3 is 0 Å². The van der Waals surface area contributed by atoms with Gasteiger partial charge in [-0.25, -0.2) is 0 Å². The Morgan fingerprint density at radius 3 is 1.88 bits per heavy atom. The summed E-state index contributed by atoms with van der Waals surface area (Å²) in [6.45, 7) is 5.70. The minimum absolute atomic E-state index is 0.257. The maximum absolute atomic E-state index is 9.29. The van der Waals surface area contributed by atoms with Crippen molar-refractivity contribution in [2.24, 2.45) is 5.92 Å². The molecule has 8 heavy (non-hydrogen) atoms. The van der Waals surface area contributed by atoms with Gasteiger partial charge in [-0.1, -0.05) is 13.8 Å². The SMILES string of the molecule is CNC(C)(O)C(C)C. The van der Waals surface area contributed by atoms with Crippen molar-refractivity contribution in [3.8, 4) is 0 Å². The van der Waals surface area contributed by atoms with E-state index in [1.807, 2.05) is 13.8 Å². The highest BCUT2D eigenvalue weighted by molar-refractivity contribution is 4.69. The van der Waals surface area contributed by atoms with E-state index < -0.39 is 5.72 Å². The Kier molecular flexibility index (Phi) is 2.44. The van der Waals surface area contributed by atoms with E-state index in [0.717, 1.165) is 0 Å². The van der Waals surface area contributed by atoms with E-state index in [2.05, 4.69) is 5.32 Å². The molecule has 50 valence electrons. The lowest BCUT2D eigenvalue weighted by Crippen LogP contribution is -2.44. The van der Waals surface area contributed by atoms with Crippen LogP contribution < -0.4 is 5.32 Å². The van der Waals surface area contributed by atoms with Gasteiger partial charge in [0.15, 0.2) is 0 Å². The van der Waals surface area contributed by atoms with E-state index in [1.54, 1.807) is 14.0 Å². The highest BCUT2D eigenvalue weighted by Crippen LogP contribution is 2.09. The van der Waals surface area contributed by atoms with Gasteiger partial charge in [0, 0.05) is 0 Å². The molecule has 0 bridgehead atoms. The molecule has 0 aromatic heterocycles. The Morgan fingerprint density at radius 2 is 1.88 bits per heavy atom. The average Bonchev–Trinajstić information content (AvgIpc) is 1.67. The van der Waals surface area contributed by atoms with Crippen molar-refractivity contribution in [1.29, 1.82) is 0 Å². The van der Waals surface area contributed by atoms with Crippen molar-refractivity contribution in [3.05, 3.63) is 0 Å². The van der Waals surface area contributed by atoms with Gasteiger partial charge in [0.25, 0.3) is 0 Å². The summed E-state index contributed by atoms with van der Waals surface area (Å²) in [5, 5.41) is 12.1. The lowest BCUT2D eigenvalue weighted by Gasteiger charge is -2.26. The molecule has 0 spiro atoms. The van der Waals surface area contributed by atoms with Crippen LogP contribution >= 0.6 is 0 Å². The molecule has 0 aliphatic heterocycles. The standard InChI is InChI=1S/C6H15NO/c1-5(2)6(3,8)7-4/h5,7-8H,1-4H3. The van der Waals surface area contributed by atoms with Crippen molar-refractivity contribution in [3.63, 3.8) is 0 Å². The highest BCUT2D eigenvalue weighted by Gasteiger charge is 2.20. The Bertz CT molecular complexity index is 68.9. The molecule has 0 aromatic carbocycles. The van der Waals surface area contributed by atoms with Crippen LogP contribution in [0, 0.1) is 5.92 Å². The van der Waals surface area contributed by atoms with Gasteiger partial charge in [0.2, 0.25) is 0 Å². The summed E-state index contributed by atoms with van der Waals surface area (Å²) in [7, 11) is 1.75. The van der Waals surface area contributed by atoms with Gasteiger partial charge in [0.1, 0.15) is 5.72 Å². The van der Waals surface area contributed by atoms with Crippen LogP contribution in [0.2, 0.25) is 0 Å². The Hall–Kier alpha value is -0.0800. The molecule has 0 heterocycles. The molecule has 0 rings (SSSR count). The minimum Gasteiger partial charge on any atom is -0.376 e. The van der Waals surface area contributed by atoms with E-state index in [1.165, 1.54) is 0 Å². The van der Waals surface area contributed by atoms with Gasteiger partial charge in [-0.2, -0.15) is 0 Å². The normalized spacial score (nSPS) is 18.8. The molecule has 2 N–H and O–H groups in total. The van der Waals surface area contributed by atoms with E-state index >= 15 is 0 Å². The van der Waals surface area contributed by atoms with Crippen LogP contribution in [0.3, 0.4) is 0 Å². The summed E-state index contributed by atoms with van der Waals surface area (Å²) in [6, 6.07) is 0. The summed E-state index contributed by atoms with van der Waals surface area (Å²) in [4.78, 5) is 0. The molecule has 0 saturated carbocycles. The summed E-state index contributed by atoms with van der Waals surface area (Å²) in [5.74, 6) is 0.257. The maximum atomic E-state index is 9.29. The number of aliphatic hydroxyl groups is 1. The molecule has 2 heteroatoms. The van der Waals surface area contributed by atoms with Crippen molar-refractivity contribution in [1.82, 2.24) is 5.32 Å². The van der Waals surface area contributed by atoms with Gasteiger partial charge in [-0.3, -0.25) is 5.32 Å². The van der Waals surface area contributed by atoms with Crippen LogP contribution in [0.5, 0.6) is 0 Å². The monoisotopic (exact) mass is 117 g/mol. The van der Waals surface area contributed by atoms with Crippen LogP contribution in [-0.2, 0) is 0 Å². The molecule has 0 radical (unpaired) electrons. The third kappa shape index (κ3) is 1.80. The number of hydrogen-bond acceptors (Lipinski definition) is 2. The fraction of sp³-hybridized carbons (Fsp3) is 1.00. The first-order chi connectivity index (χ1) is 3.50. The quantitative estimate of drug-likeness (QED) is 0.518. The average molecular weight is 117 g/mol. The summed E-state index contributed by atoms with van der Waals surface area (Å²) in [6.07, 6.45) is 0. The van der Waals surface area contributed by atoms with Gasteiger partial charge in [0.05, 0.1) is 0 Å². The number of nitrogens with one attached hydrogen (secondary N) is 1. The number of rotatable bonds is 2. The lowest BCUT2D eigenvalue weighted by atomic mass is 10.0. The third-order valence-electron chi connectivity index (χ3n) is 1.63. The minimum atomic E-state index is -0.708. The zero-order valence-corrected chi connectivity index (χ0v) is 6.02. The van der Waals surface area contributed by atoms with E-state index in [-0.39, 0.29) is 5.92 Å². The summed E-state index contributed by atoms with van der Waals surface area (Å²) < 4.78 is 0. The molecule has 0 aromatic rings. The Labute approximate surface area is 50.9 Å². The van der Waals surface area contributed by atoms with E-state index in [0.29, 0.717) is 0 Å². The van der Waals surface area contributed by atoms with Crippen molar-refractivity contribution < 1.29 is 5.11 Å². The van der Waals surface area contributed by atoms with Crippen LogP contribution in [-0.4, -0.2) is 17.9 Å². The molecule has 0 saturated heterocycles. The van der Waals surface area contributed by atoms with Crippen LogP contribution in [0.1, 0.15) is 20.8 Å². The third-order valence-corrected chi connectivity index (χ3v) is 1.63. The summed E-state index contributed by atoms with van der Waals surface area (Å²) >= 11 is 0. The predicted octanol–water partition coefficient (Wildman–Crippen LogP) is 0.570. The molecule has 1 atom stereocenters.